The molecule has 1 unspecified atom stereocenters. The van der Waals surface area contributed by atoms with Crippen molar-refractivity contribution in [3.63, 3.8) is 0 Å². The number of rotatable bonds is 20. The number of amides is 5. The molecule has 0 bridgehead atoms. The van der Waals surface area contributed by atoms with Gasteiger partial charge in [0.1, 0.15) is 23.7 Å². The van der Waals surface area contributed by atoms with E-state index in [2.05, 4.69) is 26.6 Å². The van der Waals surface area contributed by atoms with Crippen molar-refractivity contribution >= 4 is 47.5 Å². The number of ether oxygens (including phenoxy) is 1. The quantitative estimate of drug-likeness (QED) is 0.104. The van der Waals surface area contributed by atoms with Crippen molar-refractivity contribution in [2.24, 2.45) is 17.8 Å². The Morgan fingerprint density at radius 3 is 1.86 bits per heavy atom. The third-order valence-corrected chi connectivity index (χ3v) is 8.35. The number of aromatic carboxylic acids is 1. The Morgan fingerprint density at radius 1 is 0.804 bits per heavy atom. The molecule has 0 aromatic heterocycles. The van der Waals surface area contributed by atoms with E-state index in [-0.39, 0.29) is 36.3 Å². The number of hydrogen-bond acceptors (Lipinski definition) is 9. The number of nitrogens with one attached hydrogen (secondary N) is 5. The van der Waals surface area contributed by atoms with Crippen LogP contribution in [0.1, 0.15) is 97.5 Å². The Bertz CT molecular complexity index is 1310. The minimum Gasteiger partial charge on any atom is -0.478 e. The summed E-state index contributed by atoms with van der Waals surface area (Å²) in [6.45, 7) is 16.1. The van der Waals surface area contributed by atoms with E-state index in [0.29, 0.717) is 17.7 Å². The summed E-state index contributed by atoms with van der Waals surface area (Å²) in [5, 5.41) is 33.9. The average molecular weight is 738 g/mol. The third kappa shape index (κ3) is 17.3. The van der Waals surface area contributed by atoms with E-state index in [1.165, 1.54) is 23.9 Å². The summed E-state index contributed by atoms with van der Waals surface area (Å²) in [4.78, 5) is 76.7. The van der Waals surface area contributed by atoms with Gasteiger partial charge in [-0.1, -0.05) is 53.7 Å². The molecule has 5 atom stereocenters. The van der Waals surface area contributed by atoms with Gasteiger partial charge in [-0.05, 0) is 81.1 Å². The zero-order chi connectivity index (χ0) is 39.1. The largest absolute Gasteiger partial charge is 0.478 e. The van der Waals surface area contributed by atoms with Gasteiger partial charge in [0, 0.05) is 6.54 Å². The van der Waals surface area contributed by atoms with Crippen LogP contribution >= 0.6 is 11.8 Å². The highest BCUT2D eigenvalue weighted by Crippen LogP contribution is 2.15. The topological polar surface area (TPSA) is 212 Å². The molecule has 1 rings (SSSR count). The second-order valence-electron chi connectivity index (χ2n) is 14.7. The first-order chi connectivity index (χ1) is 23.6. The highest BCUT2D eigenvalue weighted by molar-refractivity contribution is 7.98. The lowest BCUT2D eigenvalue weighted by Crippen LogP contribution is -2.58. The zero-order valence-electron chi connectivity index (χ0n) is 31.6. The number of carbonyl (C=O) groups excluding carboxylic acids is 5. The number of carboxylic acid groups (broad SMARTS) is 1. The van der Waals surface area contributed by atoms with Crippen LogP contribution in [0.5, 0.6) is 0 Å². The van der Waals surface area contributed by atoms with E-state index >= 15 is 0 Å². The molecule has 0 saturated heterocycles. The first-order valence-electron chi connectivity index (χ1n) is 17.3. The number of alkyl carbamates (subject to hydrolysis) is 1. The Hall–Kier alpha value is -3.85. The van der Waals surface area contributed by atoms with Crippen molar-refractivity contribution in [1.29, 1.82) is 0 Å². The molecule has 1 aromatic carbocycles. The number of aliphatic hydroxyl groups is 1. The van der Waals surface area contributed by atoms with E-state index in [9.17, 15) is 33.9 Å². The lowest BCUT2D eigenvalue weighted by atomic mass is 9.96. The second kappa shape index (κ2) is 21.5. The summed E-state index contributed by atoms with van der Waals surface area (Å²) in [6, 6.07) is 2.31. The third-order valence-electron chi connectivity index (χ3n) is 7.71. The molecule has 0 aliphatic heterocycles. The van der Waals surface area contributed by atoms with Crippen LogP contribution in [-0.2, 0) is 30.5 Å². The van der Waals surface area contributed by atoms with E-state index in [1.54, 1.807) is 60.6 Å². The fourth-order valence-corrected chi connectivity index (χ4v) is 5.47. The molecule has 0 aliphatic carbocycles. The Morgan fingerprint density at radius 2 is 1.37 bits per heavy atom. The van der Waals surface area contributed by atoms with E-state index in [1.807, 2.05) is 20.1 Å². The second-order valence-corrected chi connectivity index (χ2v) is 15.7. The summed E-state index contributed by atoms with van der Waals surface area (Å²) in [7, 11) is 0. The summed E-state index contributed by atoms with van der Waals surface area (Å²) in [5.41, 5.74) is 0.0273. The maximum absolute atomic E-state index is 13.6. The van der Waals surface area contributed by atoms with Gasteiger partial charge in [0.05, 0.1) is 24.1 Å². The number of benzene rings is 1. The van der Waals surface area contributed by atoms with Gasteiger partial charge >= 0.3 is 12.1 Å². The maximum Gasteiger partial charge on any atom is 0.408 e. The van der Waals surface area contributed by atoms with Crippen molar-refractivity contribution in [2.45, 2.75) is 124 Å². The van der Waals surface area contributed by atoms with Crippen LogP contribution in [0.4, 0.5) is 4.79 Å². The molecule has 0 heterocycles. The number of thioether (sulfide) groups is 1. The Balaban J connectivity index is 3.00. The van der Waals surface area contributed by atoms with Gasteiger partial charge in [0.15, 0.2) is 0 Å². The molecule has 0 fully saturated rings. The van der Waals surface area contributed by atoms with Crippen LogP contribution < -0.4 is 26.6 Å². The standard InChI is InChI=1S/C36H59N5O9S/c1-20(2)17-26(39-31(44)25(15-16-51-10)38-33(46)30(22(5)6)41-35(49)50-36(7,8)9)27(42)18-28(43)40-29(21(3)4)32(45)37-19-23-11-13-24(14-12-23)34(47)48/h11-14,20-22,25-27,29-30,42H,15-19H2,1-10H3,(H,37,45)(H,38,46)(H,39,44)(H,40,43)(H,41,49)(H,47,48)/t25-,26-,27?,29-,30-/m0/s1. The maximum atomic E-state index is 13.6. The molecule has 15 heteroatoms. The number of carboxylic acids is 1. The van der Waals surface area contributed by atoms with Crippen molar-refractivity contribution in [1.82, 2.24) is 26.6 Å². The lowest BCUT2D eigenvalue weighted by Gasteiger charge is -2.30. The predicted octanol–water partition coefficient (Wildman–Crippen LogP) is 3.21. The van der Waals surface area contributed by atoms with Crippen molar-refractivity contribution in [3.8, 4) is 0 Å². The molecule has 7 N–H and O–H groups in total. The molecular formula is C36H59N5O9S. The molecule has 0 aliphatic rings. The molecule has 0 radical (unpaired) electrons. The highest BCUT2D eigenvalue weighted by Gasteiger charge is 2.33. The van der Waals surface area contributed by atoms with Crippen LogP contribution in [0.3, 0.4) is 0 Å². The fourth-order valence-electron chi connectivity index (χ4n) is 5.00. The van der Waals surface area contributed by atoms with Crippen LogP contribution in [-0.4, -0.2) is 93.8 Å². The van der Waals surface area contributed by atoms with Gasteiger partial charge < -0.3 is 41.5 Å². The fraction of sp³-hybridized carbons (Fsp3) is 0.667. The van der Waals surface area contributed by atoms with Crippen molar-refractivity contribution in [3.05, 3.63) is 35.4 Å². The molecule has 288 valence electrons. The van der Waals surface area contributed by atoms with E-state index in [4.69, 9.17) is 9.84 Å². The summed E-state index contributed by atoms with van der Waals surface area (Å²) >= 11 is 1.49. The monoisotopic (exact) mass is 737 g/mol. The van der Waals surface area contributed by atoms with E-state index in [0.717, 1.165) is 0 Å². The molecular weight excluding hydrogens is 678 g/mol. The van der Waals surface area contributed by atoms with Gasteiger partial charge in [0.2, 0.25) is 23.6 Å². The van der Waals surface area contributed by atoms with Gasteiger partial charge in [0.25, 0.3) is 0 Å². The first-order valence-corrected chi connectivity index (χ1v) is 18.7. The van der Waals surface area contributed by atoms with Gasteiger partial charge in [-0.3, -0.25) is 19.2 Å². The van der Waals surface area contributed by atoms with Crippen LogP contribution in [0.25, 0.3) is 0 Å². The SMILES string of the molecule is CSCC[C@H](NC(=O)[C@@H](NC(=O)OC(C)(C)C)C(C)C)C(=O)N[C@@H](CC(C)C)C(O)CC(=O)N[C@H](C(=O)NCc1ccc(C(=O)O)cc1)C(C)C. The average Bonchev–Trinajstić information content (AvgIpc) is 3.01. The predicted molar refractivity (Wildman–Crippen MR) is 197 cm³/mol. The Kier molecular flexibility index (Phi) is 19.0. The number of aliphatic hydroxyl groups excluding tert-OH is 1. The Labute approximate surface area is 306 Å². The van der Waals surface area contributed by atoms with Crippen LogP contribution in [0.2, 0.25) is 0 Å². The minimum atomic E-state index is -1.31. The van der Waals surface area contributed by atoms with Gasteiger partial charge in [-0.25, -0.2) is 9.59 Å². The van der Waals surface area contributed by atoms with Gasteiger partial charge in [-0.2, -0.15) is 11.8 Å². The molecule has 1 aromatic rings. The molecule has 14 nitrogen and oxygen atoms in total. The molecule has 0 saturated carbocycles. The molecule has 51 heavy (non-hydrogen) atoms. The highest BCUT2D eigenvalue weighted by atomic mass is 32.2. The van der Waals surface area contributed by atoms with Crippen molar-refractivity contribution in [2.75, 3.05) is 12.0 Å². The van der Waals surface area contributed by atoms with Crippen molar-refractivity contribution < 1.29 is 43.7 Å². The normalized spacial score (nSPS) is 14.5. The molecule has 5 amide bonds. The summed E-state index contributed by atoms with van der Waals surface area (Å²) in [6.07, 6.45) is -0.00578. The number of hydrogen-bond donors (Lipinski definition) is 7. The smallest absolute Gasteiger partial charge is 0.408 e. The molecule has 0 spiro atoms. The van der Waals surface area contributed by atoms with Crippen LogP contribution in [0, 0.1) is 17.8 Å². The zero-order valence-corrected chi connectivity index (χ0v) is 32.4. The summed E-state index contributed by atoms with van der Waals surface area (Å²) < 4.78 is 5.31. The van der Waals surface area contributed by atoms with Gasteiger partial charge in [-0.15, -0.1) is 0 Å². The van der Waals surface area contributed by atoms with Crippen LogP contribution in [0.15, 0.2) is 24.3 Å². The lowest BCUT2D eigenvalue weighted by molar-refractivity contribution is -0.133. The van der Waals surface area contributed by atoms with E-state index < -0.39 is 78.0 Å². The minimum absolute atomic E-state index is 0.0226. The first kappa shape index (κ1) is 45.2. The number of carbonyl (C=O) groups is 6. The summed E-state index contributed by atoms with van der Waals surface area (Å²) in [5.74, 6) is -3.26.